The maximum atomic E-state index is 5.04. The van der Waals surface area contributed by atoms with Crippen molar-refractivity contribution in [2.45, 2.75) is 247 Å². The highest BCUT2D eigenvalue weighted by Gasteiger charge is 2.38. The van der Waals surface area contributed by atoms with Crippen LogP contribution in [0.5, 0.6) is 0 Å². The van der Waals surface area contributed by atoms with Crippen LogP contribution in [-0.2, 0) is 0 Å². The van der Waals surface area contributed by atoms with E-state index in [-0.39, 0.29) is 23.8 Å². The lowest BCUT2D eigenvalue weighted by atomic mass is 9.99. The maximum Gasteiger partial charge on any atom is 0.136 e. The molecule has 0 saturated heterocycles. The summed E-state index contributed by atoms with van der Waals surface area (Å²) >= 11 is 0. The summed E-state index contributed by atoms with van der Waals surface area (Å²) in [5.41, 5.74) is 19.9. The van der Waals surface area contributed by atoms with E-state index in [9.17, 15) is 0 Å². The van der Waals surface area contributed by atoms with Gasteiger partial charge in [-0.3, -0.25) is 4.57 Å². The quantitative estimate of drug-likeness (QED) is 0.112. The smallest absolute Gasteiger partial charge is 0.136 e. The van der Waals surface area contributed by atoms with Gasteiger partial charge in [-0.15, -0.1) is 0 Å². The Labute approximate surface area is 482 Å². The third-order valence-corrected chi connectivity index (χ3v) is 29.9. The Bertz CT molecular complexity index is 2840. The van der Waals surface area contributed by atoms with Gasteiger partial charge in [-0.1, -0.05) is 204 Å². The standard InChI is InChI=1S/C26H32NP.C24H35N2P.C22H30NP/c1-4-13-22(14-5-1)27-25-19-11-10-12-21(25)20-26(27)28(23-15-6-2-7-16-23)24-17-8-3-9-18-24;1-18-16-19(2)23(20(3)17-18)26-15-14-25-24(26)27(21-10-6-4-7-11-21)22-12-8-5-9-13-22;1-4-11-19(12-5-1)23-18-10-17-22(23)24(20-13-6-2-7-14-20)21-15-8-3-9-16-21/h1,4-5,10-14,19-20,23-24H,2-3,6-9,15-18H2;14-17,21-22H,4-13H2,1-3H3;1,4-5,10-12,17-18,20-21H,2-3,6-9,13-16H2. The van der Waals surface area contributed by atoms with Crippen LogP contribution in [0.25, 0.3) is 28.0 Å². The summed E-state index contributed by atoms with van der Waals surface area (Å²) in [5.74, 6) is 0. The third-order valence-electron chi connectivity index (χ3n) is 19.5. The van der Waals surface area contributed by atoms with E-state index in [1.807, 2.05) is 0 Å². The van der Waals surface area contributed by atoms with Gasteiger partial charge in [-0.05, 0) is 199 Å². The Morgan fingerprint density at radius 1 is 0.367 bits per heavy atom. The van der Waals surface area contributed by atoms with E-state index >= 15 is 0 Å². The molecule has 3 heterocycles. The van der Waals surface area contributed by atoms with Crippen LogP contribution in [-0.4, -0.2) is 52.6 Å². The van der Waals surface area contributed by atoms with Crippen LogP contribution in [0.1, 0.15) is 209 Å². The molecule has 13 rings (SSSR count). The van der Waals surface area contributed by atoms with Crippen LogP contribution >= 0.6 is 23.8 Å². The van der Waals surface area contributed by atoms with Crippen LogP contribution in [0, 0.1) is 20.8 Å². The van der Waals surface area contributed by atoms with Gasteiger partial charge in [-0.2, -0.15) is 0 Å². The number of para-hydroxylation sites is 3. The van der Waals surface area contributed by atoms with Gasteiger partial charge in [0.1, 0.15) is 5.57 Å². The second kappa shape index (κ2) is 28.5. The van der Waals surface area contributed by atoms with E-state index in [2.05, 4.69) is 168 Å². The lowest BCUT2D eigenvalue weighted by molar-refractivity contribution is 0.486. The molecule has 6 aliphatic carbocycles. The number of fused-ring (bicyclic) bond motifs is 1. The molecule has 6 fully saturated rings. The van der Waals surface area contributed by atoms with E-state index in [4.69, 9.17) is 4.98 Å². The zero-order valence-corrected chi connectivity index (χ0v) is 51.7. The van der Waals surface area contributed by atoms with Gasteiger partial charge in [0.25, 0.3) is 0 Å². The van der Waals surface area contributed by atoms with Crippen molar-refractivity contribution < 1.29 is 0 Å². The van der Waals surface area contributed by atoms with E-state index in [1.54, 1.807) is 10.9 Å². The molecule has 6 saturated carbocycles. The molecule has 0 N–H and O–H groups in total. The molecular weight excluding hydrogens is 1010 g/mol. The van der Waals surface area contributed by atoms with Crippen LogP contribution in [0.2, 0.25) is 0 Å². The lowest BCUT2D eigenvalue weighted by Crippen LogP contribution is -2.31. The van der Waals surface area contributed by atoms with Gasteiger partial charge in [-0.25, -0.2) is 4.98 Å². The average molecular weight is 1110 g/mol. The van der Waals surface area contributed by atoms with Crippen molar-refractivity contribution in [2.75, 3.05) is 0 Å². The summed E-state index contributed by atoms with van der Waals surface area (Å²) in [7, 11) is -0.337. The first kappa shape index (κ1) is 57.0. The molecule has 0 unspecified atom stereocenters. The van der Waals surface area contributed by atoms with Gasteiger partial charge >= 0.3 is 0 Å². The fourth-order valence-corrected chi connectivity index (χ4v) is 27.4. The molecule has 420 valence electrons. The van der Waals surface area contributed by atoms with E-state index in [0.29, 0.717) is 0 Å². The molecular formula is C72H97N4P3. The first-order chi connectivity index (χ1) is 39.0. The Balaban J connectivity index is 0.000000126. The zero-order valence-electron chi connectivity index (χ0n) is 49.0. The highest BCUT2D eigenvalue weighted by Crippen LogP contribution is 2.58. The van der Waals surface area contributed by atoms with Crippen LogP contribution in [0.4, 0.5) is 0 Å². The van der Waals surface area contributed by atoms with Crippen LogP contribution < -0.4 is 16.4 Å². The summed E-state index contributed by atoms with van der Waals surface area (Å²) in [6.07, 6.45) is 50.1. The second-order valence-corrected chi connectivity index (χ2v) is 33.3. The number of aromatic nitrogens is 4. The molecule has 0 spiro atoms. The number of hydrogen-bond donors (Lipinski definition) is 0. The lowest BCUT2D eigenvalue weighted by Gasteiger charge is -2.39. The molecule has 7 heteroatoms. The largest absolute Gasteiger partial charge is 0.317 e. The molecule has 3 aromatic heterocycles. The zero-order chi connectivity index (χ0) is 53.8. The molecule has 0 amide bonds. The summed E-state index contributed by atoms with van der Waals surface area (Å²) < 4.78 is 7.62. The minimum absolute atomic E-state index is 0.0365. The molecule has 4 aromatic carbocycles. The van der Waals surface area contributed by atoms with Gasteiger partial charge in [0.05, 0.1) is 11.2 Å². The highest BCUT2D eigenvalue weighted by atomic mass is 31.1. The monoisotopic (exact) mass is 1110 g/mol. The summed E-state index contributed by atoms with van der Waals surface area (Å²) in [5, 5.41) is 1.42. The number of nitrogens with zero attached hydrogens (tertiary/aromatic N) is 4. The van der Waals surface area contributed by atoms with E-state index < -0.39 is 0 Å². The van der Waals surface area contributed by atoms with Crippen LogP contribution in [0.15, 0.2) is 134 Å². The van der Waals surface area contributed by atoms with Crippen molar-refractivity contribution in [3.63, 3.8) is 0 Å². The van der Waals surface area contributed by atoms with Crippen LogP contribution in [0.3, 0.4) is 0 Å². The number of hydrogen-bond acceptors (Lipinski definition) is 1. The molecule has 0 aliphatic heterocycles. The highest BCUT2D eigenvalue weighted by molar-refractivity contribution is 7.67. The Kier molecular flexibility index (Phi) is 20.5. The van der Waals surface area contributed by atoms with Crippen molar-refractivity contribution in [1.29, 1.82) is 0 Å². The minimum Gasteiger partial charge on any atom is -0.317 e. The van der Waals surface area contributed by atoms with Gasteiger partial charge in [0.2, 0.25) is 0 Å². The molecule has 79 heavy (non-hydrogen) atoms. The van der Waals surface area contributed by atoms with E-state index in [1.165, 1.54) is 243 Å². The topological polar surface area (TPSA) is 27.7 Å². The summed E-state index contributed by atoms with van der Waals surface area (Å²) in [4.78, 5) is 5.04. The van der Waals surface area contributed by atoms with Crippen molar-refractivity contribution in [1.82, 2.24) is 18.7 Å². The molecule has 0 radical (unpaired) electrons. The van der Waals surface area contributed by atoms with Gasteiger partial charge in [0.15, 0.2) is 0 Å². The molecule has 6 aliphatic rings. The predicted molar refractivity (Wildman–Crippen MR) is 348 cm³/mol. The number of imidazole rings is 1. The Morgan fingerprint density at radius 2 is 0.772 bits per heavy atom. The Hall–Kier alpha value is -3.80. The minimum atomic E-state index is -0.180. The average Bonchev–Trinajstić information content (AvgIpc) is 4.45. The van der Waals surface area contributed by atoms with Crippen molar-refractivity contribution in [3.05, 3.63) is 151 Å². The normalized spacial score (nSPS) is 19.9. The summed E-state index contributed by atoms with van der Waals surface area (Å²) in [6.45, 7) is 6.74. The van der Waals surface area contributed by atoms with Gasteiger partial charge < -0.3 is 9.13 Å². The SMILES string of the molecule is Cc1cc(C)c(-n2ccnc2P(C2CCCCC2)C2CCCCC2)c(C)c1.c1ccc(-n2c(P(C3CCCCC3)C3CCCCC3)cc3ccccc32)cc1.c1ccc(-n2cccc2P(C2CCCCC2)C2CCCCC2)cc1. The third kappa shape index (κ3) is 13.8. The Morgan fingerprint density at radius 3 is 1.24 bits per heavy atom. The molecule has 0 atom stereocenters. The number of benzene rings is 4. The fourth-order valence-electron chi connectivity index (χ4n) is 15.9. The number of rotatable bonds is 12. The molecule has 4 nitrogen and oxygen atoms in total. The van der Waals surface area contributed by atoms with Gasteiger partial charge in [0, 0.05) is 46.2 Å². The van der Waals surface area contributed by atoms with Crippen molar-refractivity contribution in [2.24, 2.45) is 0 Å². The second-order valence-electron chi connectivity index (χ2n) is 25.1. The molecule has 0 bridgehead atoms. The number of aryl methyl sites for hydroxylation is 3. The van der Waals surface area contributed by atoms with Crippen molar-refractivity contribution in [3.8, 4) is 17.1 Å². The summed E-state index contributed by atoms with van der Waals surface area (Å²) in [6, 6.07) is 43.1. The fraction of sp³-hybridized carbons (Fsp3) is 0.542. The first-order valence-electron chi connectivity index (χ1n) is 32.4. The first-order valence-corrected chi connectivity index (χ1v) is 36.8. The molecule has 7 aromatic rings. The maximum absolute atomic E-state index is 5.04. The predicted octanol–water partition coefficient (Wildman–Crippen LogP) is 20.2. The van der Waals surface area contributed by atoms with E-state index in [0.717, 1.165) is 34.0 Å². The van der Waals surface area contributed by atoms with Crippen molar-refractivity contribution >= 4 is 51.1 Å².